The van der Waals surface area contributed by atoms with E-state index in [1.807, 2.05) is 52.1 Å². The zero-order valence-electron chi connectivity index (χ0n) is 18.8. The first kappa shape index (κ1) is 22.2. The number of hydrogen-bond acceptors (Lipinski definition) is 6. The molecule has 4 rings (SSSR count). The molecule has 32 heavy (non-hydrogen) atoms. The normalized spacial score (nSPS) is 11.9. The lowest BCUT2D eigenvalue weighted by molar-refractivity contribution is 0.0523. The molecule has 7 nitrogen and oxygen atoms in total. The van der Waals surface area contributed by atoms with Crippen LogP contribution in [0.15, 0.2) is 41.9 Å². The Balaban J connectivity index is 1.55. The Hall–Kier alpha value is -2.97. The molecule has 1 N–H and O–H groups in total. The fourth-order valence-corrected chi connectivity index (χ4v) is 4.37. The van der Waals surface area contributed by atoms with Gasteiger partial charge in [0.2, 0.25) is 0 Å². The van der Waals surface area contributed by atoms with Crippen LogP contribution >= 0.6 is 11.3 Å². The van der Waals surface area contributed by atoms with Gasteiger partial charge in [0.25, 0.3) is 0 Å². The Kier molecular flexibility index (Phi) is 6.43. The molecule has 0 spiro atoms. The number of nitrogens with one attached hydrogen (secondary N) is 1. The first-order chi connectivity index (χ1) is 15.3. The van der Waals surface area contributed by atoms with E-state index >= 15 is 0 Å². The van der Waals surface area contributed by atoms with E-state index < -0.39 is 11.7 Å². The van der Waals surface area contributed by atoms with Gasteiger partial charge < -0.3 is 19.4 Å². The zero-order valence-corrected chi connectivity index (χ0v) is 19.7. The van der Waals surface area contributed by atoms with E-state index in [0.717, 1.165) is 38.2 Å². The van der Waals surface area contributed by atoms with Crippen molar-refractivity contribution in [1.82, 2.24) is 19.9 Å². The molecule has 1 aromatic carbocycles. The molecule has 168 valence electrons. The molecule has 0 unspecified atom stereocenters. The van der Waals surface area contributed by atoms with Crippen LogP contribution in [0.1, 0.15) is 44.6 Å². The predicted octanol–water partition coefficient (Wildman–Crippen LogP) is 5.26. The molecular weight excluding hydrogens is 424 g/mol. The van der Waals surface area contributed by atoms with E-state index in [0.29, 0.717) is 26.3 Å². The maximum absolute atomic E-state index is 11.9. The van der Waals surface area contributed by atoms with Crippen molar-refractivity contribution in [2.45, 2.75) is 53.0 Å². The molecule has 3 heterocycles. The van der Waals surface area contributed by atoms with E-state index in [9.17, 15) is 4.79 Å². The van der Waals surface area contributed by atoms with Crippen molar-refractivity contribution < 1.29 is 14.3 Å². The number of aromatic nitrogens is 3. The fraction of sp³-hybridized carbons (Fsp3) is 0.375. The maximum atomic E-state index is 11.9. The first-order valence-electron chi connectivity index (χ1n) is 10.7. The van der Waals surface area contributed by atoms with Crippen molar-refractivity contribution in [3.63, 3.8) is 0 Å². The third-order valence-electron chi connectivity index (χ3n) is 4.89. The minimum absolute atomic E-state index is 0.416. The Morgan fingerprint density at radius 1 is 1.12 bits per heavy atom. The molecule has 0 radical (unpaired) electrons. The number of carbonyl (C=O) groups excluding carboxylic acids is 1. The van der Waals surface area contributed by atoms with Gasteiger partial charge in [-0.05, 0) is 50.3 Å². The average molecular weight is 453 g/mol. The number of hydrogen-bond donors (Lipinski definition) is 1. The molecule has 0 fully saturated rings. The van der Waals surface area contributed by atoms with Crippen molar-refractivity contribution in [1.29, 1.82) is 0 Å². The van der Waals surface area contributed by atoms with Gasteiger partial charge in [0.1, 0.15) is 23.5 Å². The summed E-state index contributed by atoms with van der Waals surface area (Å²) in [7, 11) is 0. The Morgan fingerprint density at radius 3 is 2.59 bits per heavy atom. The molecule has 0 saturated carbocycles. The highest BCUT2D eigenvalue weighted by Crippen LogP contribution is 2.29. The summed E-state index contributed by atoms with van der Waals surface area (Å²) in [6, 6.07) is 10.2. The van der Waals surface area contributed by atoms with Gasteiger partial charge in [-0.1, -0.05) is 24.3 Å². The van der Waals surface area contributed by atoms with Crippen molar-refractivity contribution in [3.8, 4) is 0 Å². The van der Waals surface area contributed by atoms with E-state index in [1.165, 1.54) is 0 Å². The summed E-state index contributed by atoms with van der Waals surface area (Å²) in [5.41, 5.74) is 4.60. The van der Waals surface area contributed by atoms with E-state index in [2.05, 4.69) is 32.4 Å². The highest BCUT2D eigenvalue weighted by Gasteiger charge is 2.17. The second-order valence-corrected chi connectivity index (χ2v) is 9.47. The molecule has 1 amide bonds. The summed E-state index contributed by atoms with van der Waals surface area (Å²) < 4.78 is 14.3. The van der Waals surface area contributed by atoms with E-state index in [4.69, 9.17) is 14.5 Å². The third kappa shape index (κ3) is 5.08. The molecule has 0 aliphatic rings. The lowest BCUT2D eigenvalue weighted by Gasteiger charge is -2.19. The molecule has 4 aromatic rings. The van der Waals surface area contributed by atoms with Crippen LogP contribution in [0.5, 0.6) is 0 Å². The summed E-state index contributed by atoms with van der Waals surface area (Å²) in [6.07, 6.45) is 1.42. The largest absolute Gasteiger partial charge is 0.444 e. The Labute approximate surface area is 191 Å². The highest BCUT2D eigenvalue weighted by molar-refractivity contribution is 7.18. The summed E-state index contributed by atoms with van der Waals surface area (Å²) >= 11 is 1.68. The van der Waals surface area contributed by atoms with Crippen LogP contribution in [-0.2, 0) is 29.2 Å². The van der Waals surface area contributed by atoms with Crippen LogP contribution in [0, 0.1) is 0 Å². The van der Waals surface area contributed by atoms with Crippen molar-refractivity contribution in [3.05, 3.63) is 58.9 Å². The minimum atomic E-state index is -0.510. The number of fused-ring (bicyclic) bond motifs is 3. The van der Waals surface area contributed by atoms with Crippen molar-refractivity contribution in [2.75, 3.05) is 6.61 Å². The summed E-state index contributed by atoms with van der Waals surface area (Å²) in [5.74, 6) is 0.889. The van der Waals surface area contributed by atoms with Gasteiger partial charge in [-0.2, -0.15) is 0 Å². The molecule has 8 heteroatoms. The standard InChI is InChI=1S/C24H28N4O3S/c1-5-30-15-20-27-19-13-25-18-10-11-32-22(18)21(19)28(20)14-17-8-6-16(7-9-17)12-26-23(29)31-24(2,3)4/h6-11,13H,5,12,14-15H2,1-4H3,(H,26,29). The van der Waals surface area contributed by atoms with Gasteiger partial charge in [-0.15, -0.1) is 11.3 Å². The van der Waals surface area contributed by atoms with Gasteiger partial charge in [0.05, 0.1) is 21.9 Å². The van der Waals surface area contributed by atoms with Crippen molar-refractivity contribution >= 4 is 38.7 Å². The average Bonchev–Trinajstić information content (AvgIpc) is 3.35. The molecule has 0 aliphatic heterocycles. The molecule has 0 aliphatic carbocycles. The molecule has 3 aromatic heterocycles. The summed E-state index contributed by atoms with van der Waals surface area (Å²) in [4.78, 5) is 21.2. The van der Waals surface area contributed by atoms with Gasteiger partial charge >= 0.3 is 6.09 Å². The quantitative estimate of drug-likeness (QED) is 0.414. The molecule has 0 saturated heterocycles. The third-order valence-corrected chi connectivity index (χ3v) is 5.80. The van der Waals surface area contributed by atoms with Gasteiger partial charge in [0, 0.05) is 19.7 Å². The molecule has 0 atom stereocenters. The number of nitrogens with zero attached hydrogens (tertiary/aromatic N) is 3. The lowest BCUT2D eigenvalue weighted by Crippen LogP contribution is -2.32. The number of benzene rings is 1. The number of amides is 1. The van der Waals surface area contributed by atoms with Crippen molar-refractivity contribution in [2.24, 2.45) is 0 Å². The molecular formula is C24H28N4O3S. The monoisotopic (exact) mass is 452 g/mol. The lowest BCUT2D eigenvalue weighted by atomic mass is 10.1. The Bertz CT molecular complexity index is 1220. The number of carbonyl (C=O) groups is 1. The number of thiophene rings is 1. The van der Waals surface area contributed by atoms with Gasteiger partial charge in [-0.3, -0.25) is 4.98 Å². The summed E-state index contributed by atoms with van der Waals surface area (Å²) in [5, 5.41) is 4.85. The zero-order chi connectivity index (χ0) is 22.7. The second kappa shape index (κ2) is 9.26. The SMILES string of the molecule is CCOCc1nc2cnc3ccsc3c2n1Cc1ccc(CNC(=O)OC(C)(C)C)cc1. The van der Waals surface area contributed by atoms with Crippen LogP contribution in [-0.4, -0.2) is 32.8 Å². The van der Waals surface area contributed by atoms with Crippen LogP contribution in [0.25, 0.3) is 21.3 Å². The van der Waals surface area contributed by atoms with Crippen LogP contribution in [0.2, 0.25) is 0 Å². The van der Waals surface area contributed by atoms with Gasteiger partial charge in [0.15, 0.2) is 0 Å². The van der Waals surface area contributed by atoms with E-state index in [1.54, 1.807) is 11.3 Å². The Morgan fingerprint density at radius 2 is 1.88 bits per heavy atom. The number of pyridine rings is 1. The van der Waals surface area contributed by atoms with Crippen LogP contribution in [0.3, 0.4) is 0 Å². The van der Waals surface area contributed by atoms with Gasteiger partial charge in [-0.25, -0.2) is 9.78 Å². The van der Waals surface area contributed by atoms with Crippen LogP contribution in [0.4, 0.5) is 4.79 Å². The number of rotatable bonds is 7. The number of alkyl carbamates (subject to hydrolysis) is 1. The minimum Gasteiger partial charge on any atom is -0.444 e. The first-order valence-corrected chi connectivity index (χ1v) is 11.6. The predicted molar refractivity (Wildman–Crippen MR) is 127 cm³/mol. The number of imidazole rings is 1. The summed E-state index contributed by atoms with van der Waals surface area (Å²) in [6.45, 7) is 9.71. The fourth-order valence-electron chi connectivity index (χ4n) is 3.47. The highest BCUT2D eigenvalue weighted by atomic mass is 32.1. The molecule has 0 bridgehead atoms. The second-order valence-electron chi connectivity index (χ2n) is 8.55. The smallest absolute Gasteiger partial charge is 0.407 e. The van der Waals surface area contributed by atoms with E-state index in [-0.39, 0.29) is 0 Å². The van der Waals surface area contributed by atoms with Crippen LogP contribution < -0.4 is 5.32 Å². The maximum Gasteiger partial charge on any atom is 0.407 e. The number of ether oxygens (including phenoxy) is 2. The topological polar surface area (TPSA) is 78.3 Å².